The van der Waals surface area contributed by atoms with Crippen LogP contribution in [0.3, 0.4) is 0 Å². The number of esters is 1. The lowest BCUT2D eigenvalue weighted by molar-refractivity contribution is -0.132. The van der Waals surface area contributed by atoms with E-state index >= 15 is 0 Å². The van der Waals surface area contributed by atoms with Crippen molar-refractivity contribution >= 4 is 5.97 Å². The predicted molar refractivity (Wildman–Crippen MR) is 112 cm³/mol. The van der Waals surface area contributed by atoms with Crippen molar-refractivity contribution in [3.05, 3.63) is 46.0 Å². The molecule has 5 nitrogen and oxygen atoms in total. The lowest BCUT2D eigenvalue weighted by atomic mass is 9.84. The highest BCUT2D eigenvalue weighted by molar-refractivity contribution is 5.70. The molecule has 1 aliphatic rings. The molecule has 0 amide bonds. The number of hydrogen-bond donors (Lipinski definition) is 1. The zero-order valence-electron chi connectivity index (χ0n) is 18.1. The zero-order valence-corrected chi connectivity index (χ0v) is 18.1. The Labute approximate surface area is 172 Å². The van der Waals surface area contributed by atoms with Crippen LogP contribution in [0.1, 0.15) is 54.5 Å². The number of carbonyl (C=O) groups is 1. The lowest BCUT2D eigenvalue weighted by Crippen LogP contribution is -2.37. The maximum atomic E-state index is 11.4. The molecule has 29 heavy (non-hydrogen) atoms. The van der Waals surface area contributed by atoms with Crippen molar-refractivity contribution in [2.45, 2.75) is 65.9 Å². The predicted octanol–water partition coefficient (Wildman–Crippen LogP) is 4.97. The molecule has 0 bridgehead atoms. The fourth-order valence-corrected chi connectivity index (χ4v) is 3.99. The minimum atomic E-state index is -0.371. The number of rotatable bonds is 5. The molecule has 1 atom stereocenters. The Balaban J connectivity index is 1.79. The van der Waals surface area contributed by atoms with Crippen molar-refractivity contribution in [1.82, 2.24) is 0 Å². The van der Waals surface area contributed by atoms with Gasteiger partial charge in [-0.05, 0) is 87.8 Å². The molecule has 0 saturated heterocycles. The van der Waals surface area contributed by atoms with Crippen molar-refractivity contribution in [2.75, 3.05) is 7.11 Å². The fourth-order valence-electron chi connectivity index (χ4n) is 3.99. The van der Waals surface area contributed by atoms with Gasteiger partial charge in [-0.25, -0.2) is 0 Å². The van der Waals surface area contributed by atoms with E-state index in [2.05, 4.69) is 6.92 Å². The van der Waals surface area contributed by atoms with Gasteiger partial charge < -0.3 is 19.3 Å². The van der Waals surface area contributed by atoms with Crippen molar-refractivity contribution in [1.29, 1.82) is 0 Å². The monoisotopic (exact) mass is 398 g/mol. The van der Waals surface area contributed by atoms with Gasteiger partial charge in [0.1, 0.15) is 17.1 Å². The van der Waals surface area contributed by atoms with Gasteiger partial charge in [-0.1, -0.05) is 6.07 Å². The second kappa shape index (κ2) is 7.97. The number of phenolic OH excluding ortho intramolecular Hbond substituents is 1. The minimum Gasteiger partial charge on any atom is -0.507 e. The van der Waals surface area contributed by atoms with Crippen molar-refractivity contribution in [3.63, 3.8) is 0 Å². The maximum Gasteiger partial charge on any atom is 0.308 e. The van der Waals surface area contributed by atoms with Gasteiger partial charge in [-0.2, -0.15) is 0 Å². The van der Waals surface area contributed by atoms with Crippen molar-refractivity contribution in [2.24, 2.45) is 0 Å². The number of methoxy groups -OCH3 is 1. The smallest absolute Gasteiger partial charge is 0.308 e. The van der Waals surface area contributed by atoms with Crippen LogP contribution < -0.4 is 14.2 Å². The molecule has 0 saturated carbocycles. The molecule has 2 aromatic rings. The van der Waals surface area contributed by atoms with Gasteiger partial charge in [0, 0.05) is 12.5 Å². The summed E-state index contributed by atoms with van der Waals surface area (Å²) in [4.78, 5) is 11.4. The molecule has 5 heteroatoms. The van der Waals surface area contributed by atoms with Crippen molar-refractivity contribution in [3.8, 4) is 23.0 Å². The molecule has 0 fully saturated rings. The van der Waals surface area contributed by atoms with E-state index in [9.17, 15) is 9.90 Å². The van der Waals surface area contributed by atoms with Crippen LogP contribution in [-0.2, 0) is 17.6 Å². The summed E-state index contributed by atoms with van der Waals surface area (Å²) >= 11 is 0. The first-order valence-electron chi connectivity index (χ1n) is 10.0. The maximum absolute atomic E-state index is 11.4. The first kappa shape index (κ1) is 21.0. The van der Waals surface area contributed by atoms with Crippen LogP contribution in [0.4, 0.5) is 0 Å². The minimum absolute atomic E-state index is 0.296. The number of ether oxygens (including phenoxy) is 3. The fraction of sp³-hybridized carbons (Fsp3) is 0.458. The molecule has 1 N–H and O–H groups in total. The molecule has 156 valence electrons. The molecule has 3 rings (SSSR count). The quantitative estimate of drug-likeness (QED) is 0.569. The van der Waals surface area contributed by atoms with E-state index in [1.54, 1.807) is 7.11 Å². The van der Waals surface area contributed by atoms with Crippen LogP contribution in [0.25, 0.3) is 0 Å². The molecule has 0 radical (unpaired) electrons. The number of phenols is 1. The van der Waals surface area contributed by atoms with Crippen LogP contribution in [-0.4, -0.2) is 23.8 Å². The summed E-state index contributed by atoms with van der Waals surface area (Å²) < 4.78 is 17.1. The third kappa shape index (κ3) is 4.19. The SMILES string of the molecule is COc1ccc(CCC2(C)CCc3c(C)c(O)c(C)c(C)c3O2)cc1OC(C)=O. The molecular formula is C24H30O5. The summed E-state index contributed by atoms with van der Waals surface area (Å²) in [6, 6.07) is 5.67. The van der Waals surface area contributed by atoms with Crippen LogP contribution in [0, 0.1) is 20.8 Å². The number of fused-ring (bicyclic) bond motifs is 1. The number of aryl methyl sites for hydroxylation is 1. The highest BCUT2D eigenvalue weighted by Crippen LogP contribution is 2.44. The molecule has 1 unspecified atom stereocenters. The normalized spacial score (nSPS) is 18.0. The standard InChI is InChI=1S/C24H30O5/c1-14-15(2)23-19(16(3)22(14)26)10-12-24(5,29-23)11-9-18-7-8-20(27-6)21(13-18)28-17(4)25/h7-8,13,26H,9-12H2,1-6H3. The summed E-state index contributed by atoms with van der Waals surface area (Å²) in [5.41, 5.74) is 4.69. The number of aromatic hydroxyl groups is 1. The van der Waals surface area contributed by atoms with Crippen LogP contribution in [0.15, 0.2) is 18.2 Å². The van der Waals surface area contributed by atoms with Crippen molar-refractivity contribution < 1.29 is 24.1 Å². The van der Waals surface area contributed by atoms with Crippen LogP contribution >= 0.6 is 0 Å². The average Bonchev–Trinajstić information content (AvgIpc) is 2.69. The molecule has 2 aromatic carbocycles. The summed E-state index contributed by atoms with van der Waals surface area (Å²) in [6.45, 7) is 9.42. The molecule has 0 spiro atoms. The Hall–Kier alpha value is -2.69. The molecule has 0 aliphatic carbocycles. The van der Waals surface area contributed by atoms with Gasteiger partial charge in [0.2, 0.25) is 0 Å². The van der Waals surface area contributed by atoms with Gasteiger partial charge in [0.25, 0.3) is 0 Å². The van der Waals surface area contributed by atoms with E-state index in [4.69, 9.17) is 14.2 Å². The Morgan fingerprint density at radius 1 is 1.17 bits per heavy atom. The summed E-state index contributed by atoms with van der Waals surface area (Å²) in [6.07, 6.45) is 3.39. The highest BCUT2D eigenvalue weighted by atomic mass is 16.6. The average molecular weight is 398 g/mol. The van der Waals surface area contributed by atoms with Crippen LogP contribution in [0.5, 0.6) is 23.0 Å². The van der Waals surface area contributed by atoms with E-state index in [0.29, 0.717) is 17.2 Å². The zero-order chi connectivity index (χ0) is 21.3. The topological polar surface area (TPSA) is 65.0 Å². The van der Waals surface area contributed by atoms with E-state index in [-0.39, 0.29) is 11.6 Å². The van der Waals surface area contributed by atoms with E-state index < -0.39 is 0 Å². The third-order valence-corrected chi connectivity index (χ3v) is 6.02. The summed E-state index contributed by atoms with van der Waals surface area (Å²) in [5, 5.41) is 10.4. The number of carbonyl (C=O) groups excluding carboxylic acids is 1. The Kier molecular flexibility index (Phi) is 5.78. The van der Waals surface area contributed by atoms with Gasteiger partial charge >= 0.3 is 5.97 Å². The second-order valence-electron chi connectivity index (χ2n) is 8.16. The van der Waals surface area contributed by atoms with E-state index in [0.717, 1.165) is 59.3 Å². The second-order valence-corrected chi connectivity index (χ2v) is 8.16. The van der Waals surface area contributed by atoms with Gasteiger partial charge in [-0.3, -0.25) is 4.79 Å². The Morgan fingerprint density at radius 3 is 2.55 bits per heavy atom. The summed E-state index contributed by atoms with van der Waals surface area (Å²) in [5.74, 6) is 1.91. The van der Waals surface area contributed by atoms with Crippen LogP contribution in [0.2, 0.25) is 0 Å². The first-order valence-corrected chi connectivity index (χ1v) is 10.0. The van der Waals surface area contributed by atoms with Gasteiger partial charge in [0.15, 0.2) is 11.5 Å². The van der Waals surface area contributed by atoms with Gasteiger partial charge in [0.05, 0.1) is 7.11 Å². The lowest BCUT2D eigenvalue weighted by Gasteiger charge is -2.38. The Morgan fingerprint density at radius 2 is 1.90 bits per heavy atom. The van der Waals surface area contributed by atoms with E-state index in [1.807, 2.05) is 39.0 Å². The molecule has 1 heterocycles. The first-order chi connectivity index (χ1) is 13.6. The summed E-state index contributed by atoms with van der Waals surface area (Å²) in [7, 11) is 1.56. The van der Waals surface area contributed by atoms with Gasteiger partial charge in [-0.15, -0.1) is 0 Å². The largest absolute Gasteiger partial charge is 0.507 e. The number of hydrogen-bond acceptors (Lipinski definition) is 5. The highest BCUT2D eigenvalue weighted by Gasteiger charge is 2.34. The van der Waals surface area contributed by atoms with E-state index in [1.165, 1.54) is 6.92 Å². The molecule has 0 aromatic heterocycles. The molecule has 1 aliphatic heterocycles. The Bertz CT molecular complexity index is 947. The molecular weight excluding hydrogens is 368 g/mol. The third-order valence-electron chi connectivity index (χ3n) is 6.02. The number of benzene rings is 2.